The Morgan fingerprint density at radius 3 is 2.50 bits per heavy atom. The first-order valence-corrected chi connectivity index (χ1v) is 9.22. The Balaban J connectivity index is 0.00000243. The number of anilines is 1. The molecular weight excluding hydrogens is 441 g/mol. The Morgan fingerprint density at radius 2 is 1.85 bits per heavy atom. The van der Waals surface area contributed by atoms with Crippen molar-refractivity contribution in [3.8, 4) is 0 Å². The van der Waals surface area contributed by atoms with Crippen LogP contribution in [0.4, 0.5) is 5.69 Å². The summed E-state index contributed by atoms with van der Waals surface area (Å²) in [6.45, 7) is 5.46. The Labute approximate surface area is 173 Å². The molecule has 0 aromatic heterocycles. The van der Waals surface area contributed by atoms with Gasteiger partial charge in [0.2, 0.25) is 5.91 Å². The van der Waals surface area contributed by atoms with E-state index < -0.39 is 0 Å². The van der Waals surface area contributed by atoms with Crippen LogP contribution in [0.5, 0.6) is 0 Å². The van der Waals surface area contributed by atoms with Crippen molar-refractivity contribution in [3.05, 3.63) is 29.8 Å². The molecule has 1 saturated carbocycles. The molecule has 1 heterocycles. The molecule has 1 aliphatic heterocycles. The fourth-order valence-corrected chi connectivity index (χ4v) is 3.11. The number of hydrogen-bond acceptors (Lipinski definition) is 3. The maximum Gasteiger partial charge on any atom is 0.223 e. The smallest absolute Gasteiger partial charge is 0.223 e. The topological polar surface area (TPSA) is 68.8 Å². The van der Waals surface area contributed by atoms with E-state index >= 15 is 0 Å². The number of guanidine groups is 1. The summed E-state index contributed by atoms with van der Waals surface area (Å²) in [5, 5.41) is 9.72. The predicted octanol–water partition coefficient (Wildman–Crippen LogP) is 1.88. The minimum Gasteiger partial charge on any atom is -0.369 e. The highest BCUT2D eigenvalue weighted by Gasteiger charge is 2.29. The van der Waals surface area contributed by atoms with Gasteiger partial charge in [0.05, 0.1) is 0 Å². The first-order valence-electron chi connectivity index (χ1n) is 9.22. The highest BCUT2D eigenvalue weighted by Crippen LogP contribution is 2.28. The molecule has 3 N–H and O–H groups in total. The molecule has 2 aliphatic rings. The van der Waals surface area contributed by atoms with Gasteiger partial charge in [0, 0.05) is 50.9 Å². The lowest BCUT2D eigenvalue weighted by molar-refractivity contribution is -0.122. The third-order valence-corrected chi connectivity index (χ3v) is 4.82. The molecular formula is C19H30IN5O. The largest absolute Gasteiger partial charge is 0.369 e. The van der Waals surface area contributed by atoms with E-state index in [4.69, 9.17) is 0 Å². The van der Waals surface area contributed by atoms with Crippen molar-refractivity contribution >= 4 is 41.5 Å². The van der Waals surface area contributed by atoms with Crippen LogP contribution in [0.15, 0.2) is 29.3 Å². The zero-order valence-corrected chi connectivity index (χ0v) is 18.0. The highest BCUT2D eigenvalue weighted by molar-refractivity contribution is 14.0. The lowest BCUT2D eigenvalue weighted by Gasteiger charge is -2.20. The van der Waals surface area contributed by atoms with E-state index in [0.29, 0.717) is 19.1 Å². The molecule has 1 aromatic rings. The quantitative estimate of drug-likeness (QED) is 0.257. The lowest BCUT2D eigenvalue weighted by Crippen LogP contribution is -2.46. The van der Waals surface area contributed by atoms with Crippen molar-refractivity contribution in [2.75, 3.05) is 38.1 Å². The SMILES string of the molecule is CN=C(NCCNC(=O)C1CC1)NC1CCN(c2ccc(C)cc2)C1.I. The summed E-state index contributed by atoms with van der Waals surface area (Å²) in [6, 6.07) is 9.08. The second-order valence-electron chi connectivity index (χ2n) is 6.98. The maximum absolute atomic E-state index is 11.6. The van der Waals surface area contributed by atoms with Gasteiger partial charge in [-0.1, -0.05) is 17.7 Å². The van der Waals surface area contributed by atoms with Crippen molar-refractivity contribution in [1.29, 1.82) is 0 Å². The third kappa shape index (κ3) is 6.03. The monoisotopic (exact) mass is 471 g/mol. The molecule has 144 valence electrons. The molecule has 2 fully saturated rings. The van der Waals surface area contributed by atoms with Gasteiger partial charge in [-0.25, -0.2) is 0 Å². The maximum atomic E-state index is 11.6. The average molecular weight is 471 g/mol. The van der Waals surface area contributed by atoms with Crippen molar-refractivity contribution in [3.63, 3.8) is 0 Å². The summed E-state index contributed by atoms with van der Waals surface area (Å²) in [7, 11) is 1.78. The van der Waals surface area contributed by atoms with Crippen molar-refractivity contribution in [2.24, 2.45) is 10.9 Å². The third-order valence-electron chi connectivity index (χ3n) is 4.82. The van der Waals surface area contributed by atoms with E-state index in [1.165, 1.54) is 11.3 Å². The van der Waals surface area contributed by atoms with Crippen LogP contribution in [-0.4, -0.2) is 51.1 Å². The molecule has 1 aromatic carbocycles. The second-order valence-corrected chi connectivity index (χ2v) is 6.98. The van der Waals surface area contributed by atoms with Gasteiger partial charge in [-0.05, 0) is 38.3 Å². The number of halogens is 1. The van der Waals surface area contributed by atoms with Crippen LogP contribution in [0, 0.1) is 12.8 Å². The zero-order chi connectivity index (χ0) is 17.6. The van der Waals surface area contributed by atoms with Gasteiger partial charge in [-0.2, -0.15) is 0 Å². The second kappa shape index (κ2) is 9.99. The average Bonchev–Trinajstić information content (AvgIpc) is 3.37. The first-order chi connectivity index (χ1) is 12.2. The van der Waals surface area contributed by atoms with Gasteiger partial charge in [-0.15, -0.1) is 24.0 Å². The normalized spacial score (nSPS) is 19.7. The van der Waals surface area contributed by atoms with Gasteiger partial charge < -0.3 is 20.9 Å². The molecule has 0 spiro atoms. The van der Waals surface area contributed by atoms with Crippen molar-refractivity contribution < 1.29 is 4.79 Å². The van der Waals surface area contributed by atoms with E-state index in [0.717, 1.165) is 38.3 Å². The zero-order valence-electron chi connectivity index (χ0n) is 15.6. The molecule has 1 unspecified atom stereocenters. The number of nitrogens with one attached hydrogen (secondary N) is 3. The Morgan fingerprint density at radius 1 is 1.15 bits per heavy atom. The summed E-state index contributed by atoms with van der Waals surface area (Å²) < 4.78 is 0. The fraction of sp³-hybridized carbons (Fsp3) is 0.579. The molecule has 0 radical (unpaired) electrons. The van der Waals surface area contributed by atoms with E-state index in [2.05, 4.69) is 57.0 Å². The Hall–Kier alpha value is -1.51. The molecule has 1 amide bonds. The number of carbonyl (C=O) groups excluding carboxylic acids is 1. The van der Waals surface area contributed by atoms with Crippen LogP contribution < -0.4 is 20.9 Å². The molecule has 26 heavy (non-hydrogen) atoms. The number of rotatable bonds is 6. The number of nitrogens with zero attached hydrogens (tertiary/aromatic N) is 2. The van der Waals surface area contributed by atoms with E-state index in [-0.39, 0.29) is 35.8 Å². The van der Waals surface area contributed by atoms with Crippen molar-refractivity contribution in [2.45, 2.75) is 32.2 Å². The Kier molecular flexibility index (Phi) is 7.99. The minimum absolute atomic E-state index is 0. The lowest BCUT2D eigenvalue weighted by atomic mass is 10.2. The molecule has 7 heteroatoms. The highest BCUT2D eigenvalue weighted by atomic mass is 127. The van der Waals surface area contributed by atoms with E-state index in [9.17, 15) is 4.79 Å². The number of carbonyl (C=O) groups is 1. The van der Waals surface area contributed by atoms with Gasteiger partial charge >= 0.3 is 0 Å². The number of aliphatic imine (C=N–C) groups is 1. The molecule has 3 rings (SSSR count). The van der Waals surface area contributed by atoms with Crippen LogP contribution >= 0.6 is 24.0 Å². The van der Waals surface area contributed by atoms with Gasteiger partial charge in [0.15, 0.2) is 5.96 Å². The predicted molar refractivity (Wildman–Crippen MR) is 117 cm³/mol. The minimum atomic E-state index is 0. The van der Waals surface area contributed by atoms with Gasteiger partial charge in [0.1, 0.15) is 0 Å². The standard InChI is InChI=1S/C19H29N5O.HI/c1-14-3-7-17(8-4-14)24-12-9-16(13-24)23-19(20-2)22-11-10-21-18(25)15-5-6-15;/h3-4,7-8,15-16H,5-6,9-13H2,1-2H3,(H,21,25)(H2,20,22,23);1H. The van der Waals surface area contributed by atoms with Crippen LogP contribution in [0.25, 0.3) is 0 Å². The number of benzene rings is 1. The summed E-state index contributed by atoms with van der Waals surface area (Å²) in [4.78, 5) is 18.3. The molecule has 1 saturated heterocycles. The van der Waals surface area contributed by atoms with Crippen LogP contribution in [0.3, 0.4) is 0 Å². The Bertz CT molecular complexity index is 615. The molecule has 6 nitrogen and oxygen atoms in total. The summed E-state index contributed by atoms with van der Waals surface area (Å²) in [5.41, 5.74) is 2.57. The molecule has 0 bridgehead atoms. The molecule has 1 aliphatic carbocycles. The summed E-state index contributed by atoms with van der Waals surface area (Å²) in [5.74, 6) is 1.26. The fourth-order valence-electron chi connectivity index (χ4n) is 3.11. The summed E-state index contributed by atoms with van der Waals surface area (Å²) in [6.07, 6.45) is 3.18. The van der Waals surface area contributed by atoms with Crippen molar-refractivity contribution in [1.82, 2.24) is 16.0 Å². The van der Waals surface area contributed by atoms with E-state index in [1.54, 1.807) is 7.05 Å². The van der Waals surface area contributed by atoms with Gasteiger partial charge in [-0.3, -0.25) is 9.79 Å². The van der Waals surface area contributed by atoms with Gasteiger partial charge in [0.25, 0.3) is 0 Å². The van der Waals surface area contributed by atoms with E-state index in [1.807, 2.05) is 0 Å². The van der Waals surface area contributed by atoms with Crippen LogP contribution in [-0.2, 0) is 4.79 Å². The summed E-state index contributed by atoms with van der Waals surface area (Å²) >= 11 is 0. The number of hydrogen-bond donors (Lipinski definition) is 3. The van der Waals surface area contributed by atoms with Crippen LogP contribution in [0.2, 0.25) is 0 Å². The first kappa shape index (κ1) is 20.8. The number of amides is 1. The molecule has 1 atom stereocenters. The van der Waals surface area contributed by atoms with Crippen LogP contribution in [0.1, 0.15) is 24.8 Å². The number of aryl methyl sites for hydroxylation is 1.